The van der Waals surface area contributed by atoms with Crippen LogP contribution in [-0.2, 0) is 14.4 Å². The number of carbonyl (C=O) groups excluding carboxylic acids is 2. The summed E-state index contributed by atoms with van der Waals surface area (Å²) < 4.78 is 5.59. The first-order valence-electron chi connectivity index (χ1n) is 13.0. The second-order valence-electron chi connectivity index (χ2n) is 9.42. The van der Waals surface area contributed by atoms with Crippen molar-refractivity contribution in [3.63, 3.8) is 0 Å². The molecule has 1 atom stereocenters. The van der Waals surface area contributed by atoms with E-state index in [1.54, 1.807) is 29.3 Å². The van der Waals surface area contributed by atoms with Gasteiger partial charge in [-0.15, -0.1) is 0 Å². The van der Waals surface area contributed by atoms with Crippen molar-refractivity contribution in [1.29, 1.82) is 0 Å². The highest BCUT2D eigenvalue weighted by atomic mass is 16.5. The number of anilines is 1. The number of carbonyl (C=O) groups is 3. The number of amides is 2. The van der Waals surface area contributed by atoms with Crippen molar-refractivity contribution >= 4 is 23.5 Å². The Balaban J connectivity index is 1.61. The van der Waals surface area contributed by atoms with Gasteiger partial charge < -0.3 is 20.5 Å². The minimum Gasteiger partial charge on any atom is -0.494 e. The second-order valence-corrected chi connectivity index (χ2v) is 9.42. The summed E-state index contributed by atoms with van der Waals surface area (Å²) in [6, 6.07) is 7.13. The normalized spacial score (nSPS) is 17.2. The lowest BCUT2D eigenvalue weighted by molar-refractivity contribution is -0.149. The Morgan fingerprint density at radius 2 is 1.77 bits per heavy atom. The molecule has 1 aromatic carbocycles. The minimum atomic E-state index is -0.867. The average molecular weight is 489 g/mol. The third kappa shape index (κ3) is 8.72. The summed E-state index contributed by atoms with van der Waals surface area (Å²) in [4.78, 5) is 36.9. The summed E-state index contributed by atoms with van der Waals surface area (Å²) in [5, 5.41) is 18.7. The molecule has 3 N–H and O–H groups in total. The summed E-state index contributed by atoms with van der Waals surface area (Å²) in [5.74, 6) is 0.111. The largest absolute Gasteiger partial charge is 0.494 e. The van der Waals surface area contributed by atoms with Crippen molar-refractivity contribution in [1.82, 2.24) is 15.3 Å². The van der Waals surface area contributed by atoms with Crippen LogP contribution in [0.5, 0.6) is 5.75 Å². The van der Waals surface area contributed by atoms with E-state index >= 15 is 0 Å². The molecule has 1 heterocycles. The van der Waals surface area contributed by atoms with Crippen molar-refractivity contribution in [3.05, 3.63) is 24.3 Å². The van der Waals surface area contributed by atoms with Crippen LogP contribution in [0.15, 0.2) is 24.3 Å². The van der Waals surface area contributed by atoms with Gasteiger partial charge in [-0.2, -0.15) is 0 Å². The molecule has 0 spiro atoms. The molecule has 1 saturated heterocycles. The van der Waals surface area contributed by atoms with Crippen LogP contribution in [-0.4, -0.2) is 65.3 Å². The molecule has 2 amide bonds. The van der Waals surface area contributed by atoms with Crippen molar-refractivity contribution in [2.45, 2.75) is 77.3 Å². The molecule has 1 aliphatic carbocycles. The van der Waals surface area contributed by atoms with Gasteiger partial charge in [-0.1, -0.05) is 25.7 Å². The molecule has 1 aromatic rings. The highest BCUT2D eigenvalue weighted by Crippen LogP contribution is 2.28. The zero-order chi connectivity index (χ0) is 25.0. The number of nitrogens with zero attached hydrogens (tertiary/aromatic N) is 2. The maximum atomic E-state index is 13.5. The smallest absolute Gasteiger partial charge is 0.303 e. The van der Waals surface area contributed by atoms with Gasteiger partial charge in [-0.25, -0.2) is 5.01 Å². The summed E-state index contributed by atoms with van der Waals surface area (Å²) in [6.45, 7) is 4.49. The van der Waals surface area contributed by atoms with E-state index in [-0.39, 0.29) is 18.2 Å². The number of hydrogen-bond donors (Lipinski definition) is 3. The Morgan fingerprint density at radius 1 is 1.09 bits per heavy atom. The molecule has 35 heavy (non-hydrogen) atoms. The first-order valence-corrected chi connectivity index (χ1v) is 13.0. The van der Waals surface area contributed by atoms with E-state index in [2.05, 4.69) is 15.6 Å². The lowest BCUT2D eigenvalue weighted by atomic mass is 10.0. The van der Waals surface area contributed by atoms with Crippen molar-refractivity contribution < 1.29 is 24.2 Å². The SMILES string of the molecule is CCN(C(=O)C(NC(=O)CCC1CCCC1)Nc1ccc(OCCCC(=O)O)cc1)N1CCCC1. The van der Waals surface area contributed by atoms with Gasteiger partial charge in [0.1, 0.15) is 5.75 Å². The first-order chi connectivity index (χ1) is 17.0. The lowest BCUT2D eigenvalue weighted by Crippen LogP contribution is -2.57. The molecular weight excluding hydrogens is 448 g/mol. The van der Waals surface area contributed by atoms with Crippen LogP contribution in [0.25, 0.3) is 0 Å². The van der Waals surface area contributed by atoms with Crippen LogP contribution in [0.4, 0.5) is 5.69 Å². The Kier molecular flexibility index (Phi) is 10.7. The number of likely N-dealkylation sites (N-methyl/N-ethyl adjacent to an activating group) is 1. The maximum Gasteiger partial charge on any atom is 0.303 e. The van der Waals surface area contributed by atoms with Gasteiger partial charge in [0.2, 0.25) is 5.91 Å². The Morgan fingerprint density at radius 3 is 2.40 bits per heavy atom. The van der Waals surface area contributed by atoms with Crippen LogP contribution in [0, 0.1) is 5.92 Å². The average Bonchev–Trinajstić information content (AvgIpc) is 3.56. The third-order valence-corrected chi connectivity index (χ3v) is 6.75. The van der Waals surface area contributed by atoms with Crippen LogP contribution in [0.2, 0.25) is 0 Å². The molecule has 194 valence electrons. The number of ether oxygens (including phenoxy) is 1. The van der Waals surface area contributed by atoms with Crippen molar-refractivity contribution in [3.8, 4) is 5.75 Å². The molecule has 2 aliphatic rings. The molecule has 0 bridgehead atoms. The van der Waals surface area contributed by atoms with Crippen LogP contribution < -0.4 is 15.4 Å². The number of carboxylic acids is 1. The van der Waals surface area contributed by atoms with Crippen molar-refractivity contribution in [2.75, 3.05) is 31.6 Å². The number of benzene rings is 1. The van der Waals surface area contributed by atoms with E-state index < -0.39 is 12.1 Å². The van der Waals surface area contributed by atoms with E-state index in [4.69, 9.17) is 9.84 Å². The number of nitrogens with one attached hydrogen (secondary N) is 2. The number of hydrogen-bond acceptors (Lipinski definition) is 6. The molecule has 0 aromatic heterocycles. The minimum absolute atomic E-state index is 0.0643. The lowest BCUT2D eigenvalue weighted by Gasteiger charge is -2.34. The Bertz CT molecular complexity index is 820. The van der Waals surface area contributed by atoms with Crippen molar-refractivity contribution in [2.24, 2.45) is 5.92 Å². The van der Waals surface area contributed by atoms with E-state index in [0.29, 0.717) is 43.3 Å². The van der Waals surface area contributed by atoms with Gasteiger partial charge in [0, 0.05) is 38.2 Å². The van der Waals surface area contributed by atoms with Crippen LogP contribution >= 0.6 is 0 Å². The zero-order valence-corrected chi connectivity index (χ0v) is 20.8. The monoisotopic (exact) mass is 488 g/mol. The molecule has 0 radical (unpaired) electrons. The molecule has 1 unspecified atom stereocenters. The molecule has 2 fully saturated rings. The summed E-state index contributed by atoms with van der Waals surface area (Å²) in [5.41, 5.74) is 0.690. The fourth-order valence-electron chi connectivity index (χ4n) is 4.84. The molecule has 1 saturated carbocycles. The van der Waals surface area contributed by atoms with E-state index in [9.17, 15) is 14.4 Å². The predicted octanol–water partition coefficient (Wildman–Crippen LogP) is 3.61. The van der Waals surface area contributed by atoms with Gasteiger partial charge >= 0.3 is 5.97 Å². The standard InChI is InChI=1S/C26H40N4O5/c1-2-30(29-17-5-6-18-29)26(34)25(28-23(31)16-11-20-8-3-4-9-20)27-21-12-14-22(15-13-21)35-19-7-10-24(32)33/h12-15,20,25,27H,2-11,16-19H2,1H3,(H,28,31)(H,32,33). The third-order valence-electron chi connectivity index (χ3n) is 6.75. The molecule has 3 rings (SSSR count). The van der Waals surface area contributed by atoms with Gasteiger partial charge in [-0.05, 0) is 62.8 Å². The van der Waals surface area contributed by atoms with Crippen LogP contribution in [0.3, 0.4) is 0 Å². The topological polar surface area (TPSA) is 111 Å². The maximum absolute atomic E-state index is 13.5. The van der Waals surface area contributed by atoms with E-state index in [0.717, 1.165) is 32.4 Å². The van der Waals surface area contributed by atoms with Gasteiger partial charge in [0.05, 0.1) is 6.61 Å². The fourth-order valence-corrected chi connectivity index (χ4v) is 4.84. The van der Waals surface area contributed by atoms with Gasteiger partial charge in [0.15, 0.2) is 6.17 Å². The molecule has 1 aliphatic heterocycles. The van der Waals surface area contributed by atoms with Gasteiger partial charge in [0.25, 0.3) is 5.91 Å². The highest BCUT2D eigenvalue weighted by Gasteiger charge is 2.30. The predicted molar refractivity (Wildman–Crippen MR) is 134 cm³/mol. The van der Waals surface area contributed by atoms with Crippen LogP contribution in [0.1, 0.15) is 71.1 Å². The molecular formula is C26H40N4O5. The molecule has 9 nitrogen and oxygen atoms in total. The molecule has 9 heteroatoms. The number of hydrazine groups is 1. The Labute approximate surface area is 208 Å². The summed E-state index contributed by atoms with van der Waals surface area (Å²) in [7, 11) is 0. The number of rotatable bonds is 14. The quantitative estimate of drug-likeness (QED) is 0.271. The highest BCUT2D eigenvalue weighted by molar-refractivity contribution is 5.89. The number of carboxylic acid groups (broad SMARTS) is 1. The summed E-state index contributed by atoms with van der Waals surface area (Å²) >= 11 is 0. The summed E-state index contributed by atoms with van der Waals surface area (Å²) in [6.07, 6.45) is 7.91. The van der Waals surface area contributed by atoms with Gasteiger partial charge in [-0.3, -0.25) is 19.4 Å². The van der Waals surface area contributed by atoms with E-state index in [1.807, 2.05) is 6.92 Å². The zero-order valence-electron chi connectivity index (χ0n) is 20.8. The fraction of sp³-hybridized carbons (Fsp3) is 0.654. The number of aliphatic carboxylic acids is 1. The first kappa shape index (κ1) is 26.8. The second kappa shape index (κ2) is 13.9. The Hall–Kier alpha value is -2.81. The van der Waals surface area contributed by atoms with E-state index in [1.165, 1.54) is 25.7 Å².